The van der Waals surface area contributed by atoms with Gasteiger partial charge >= 0.3 is 0 Å². The van der Waals surface area contributed by atoms with Gasteiger partial charge in [-0.15, -0.1) is 11.3 Å². The molecule has 0 fully saturated rings. The molecule has 1 aromatic heterocycles. The van der Waals surface area contributed by atoms with Crippen LogP contribution in [0.2, 0.25) is 0 Å². The maximum atomic E-state index is 6.02. The molecule has 2 N–H and O–H groups in total. The fourth-order valence-corrected chi connectivity index (χ4v) is 4.04. The summed E-state index contributed by atoms with van der Waals surface area (Å²) in [5.74, 6) is 0. The molecule has 1 aromatic carbocycles. The van der Waals surface area contributed by atoms with Gasteiger partial charge in [0.05, 0.1) is 5.01 Å². The zero-order valence-electron chi connectivity index (χ0n) is 12.8. The number of benzene rings is 1. The highest BCUT2D eigenvalue weighted by atomic mass is 32.1. The number of nitrogens with zero attached hydrogens (tertiary/aromatic N) is 2. The van der Waals surface area contributed by atoms with Crippen LogP contribution in [0.1, 0.15) is 39.9 Å². The average molecular weight is 301 g/mol. The second-order valence-electron chi connectivity index (χ2n) is 5.85. The van der Waals surface area contributed by atoms with Gasteiger partial charge in [0.15, 0.2) is 0 Å². The average Bonchev–Trinajstić information content (AvgIpc) is 3.03. The predicted molar refractivity (Wildman–Crippen MR) is 88.6 cm³/mol. The minimum absolute atomic E-state index is 0.387. The second-order valence-corrected chi connectivity index (χ2v) is 6.79. The van der Waals surface area contributed by atoms with E-state index in [-0.39, 0.29) is 0 Å². The summed E-state index contributed by atoms with van der Waals surface area (Å²) in [6.07, 6.45) is 2.22. The van der Waals surface area contributed by atoms with E-state index >= 15 is 0 Å². The first kappa shape index (κ1) is 14.7. The van der Waals surface area contributed by atoms with Crippen LogP contribution in [0.3, 0.4) is 0 Å². The minimum atomic E-state index is 0.387. The zero-order valence-corrected chi connectivity index (χ0v) is 13.6. The lowest BCUT2D eigenvalue weighted by Gasteiger charge is -2.23. The molecule has 3 nitrogen and oxygen atoms in total. The van der Waals surface area contributed by atoms with E-state index in [1.54, 1.807) is 11.3 Å². The van der Waals surface area contributed by atoms with Gasteiger partial charge in [0.25, 0.3) is 0 Å². The van der Waals surface area contributed by atoms with Gasteiger partial charge in [-0.3, -0.25) is 4.90 Å². The monoisotopic (exact) mass is 301 g/mol. The minimum Gasteiger partial charge on any atom is -0.329 e. The van der Waals surface area contributed by atoms with Crippen LogP contribution in [-0.4, -0.2) is 23.0 Å². The van der Waals surface area contributed by atoms with Crippen LogP contribution in [0.25, 0.3) is 0 Å². The molecule has 2 heterocycles. The summed E-state index contributed by atoms with van der Waals surface area (Å²) in [6, 6.07) is 6.98. The SMILES string of the molecule is Cc1csc(CCCN2Cc3c(C)cccc3C2CN)n1. The Morgan fingerprint density at radius 2 is 2.24 bits per heavy atom. The molecular weight excluding hydrogens is 278 g/mol. The largest absolute Gasteiger partial charge is 0.329 e. The molecule has 2 aromatic rings. The summed E-state index contributed by atoms with van der Waals surface area (Å²) in [5, 5.41) is 3.39. The number of aromatic nitrogens is 1. The smallest absolute Gasteiger partial charge is 0.0928 e. The van der Waals surface area contributed by atoms with E-state index in [2.05, 4.69) is 47.3 Å². The van der Waals surface area contributed by atoms with Crippen molar-refractivity contribution in [1.82, 2.24) is 9.88 Å². The second kappa shape index (κ2) is 6.26. The number of hydrogen-bond donors (Lipinski definition) is 1. The molecule has 21 heavy (non-hydrogen) atoms. The molecule has 0 saturated carbocycles. The van der Waals surface area contributed by atoms with Crippen molar-refractivity contribution < 1.29 is 0 Å². The molecular formula is C17H23N3S. The Balaban J connectivity index is 1.63. The van der Waals surface area contributed by atoms with Gasteiger partial charge in [0.1, 0.15) is 0 Å². The number of thiazole rings is 1. The number of fused-ring (bicyclic) bond motifs is 1. The molecule has 4 heteroatoms. The molecule has 1 aliphatic heterocycles. The van der Waals surface area contributed by atoms with Crippen molar-refractivity contribution in [3.63, 3.8) is 0 Å². The lowest BCUT2D eigenvalue weighted by molar-refractivity contribution is 0.217. The molecule has 0 saturated heterocycles. The Labute approximate surface area is 130 Å². The van der Waals surface area contributed by atoms with Gasteiger partial charge in [-0.2, -0.15) is 0 Å². The maximum Gasteiger partial charge on any atom is 0.0928 e. The fourth-order valence-electron chi connectivity index (χ4n) is 3.22. The van der Waals surface area contributed by atoms with Crippen molar-refractivity contribution in [1.29, 1.82) is 0 Å². The zero-order chi connectivity index (χ0) is 14.8. The first-order valence-electron chi connectivity index (χ1n) is 7.62. The van der Waals surface area contributed by atoms with Gasteiger partial charge in [0.2, 0.25) is 0 Å². The Morgan fingerprint density at radius 1 is 1.38 bits per heavy atom. The van der Waals surface area contributed by atoms with Gasteiger partial charge < -0.3 is 5.73 Å². The summed E-state index contributed by atoms with van der Waals surface area (Å²) in [5.41, 5.74) is 11.5. The van der Waals surface area contributed by atoms with Crippen LogP contribution in [0.4, 0.5) is 0 Å². The number of rotatable bonds is 5. The fraction of sp³-hybridized carbons (Fsp3) is 0.471. The van der Waals surface area contributed by atoms with E-state index in [0.29, 0.717) is 12.6 Å². The number of nitrogens with two attached hydrogens (primary N) is 1. The summed E-state index contributed by atoms with van der Waals surface area (Å²) >= 11 is 1.77. The molecule has 3 rings (SSSR count). The third-order valence-electron chi connectivity index (χ3n) is 4.33. The number of aryl methyl sites for hydroxylation is 3. The van der Waals surface area contributed by atoms with Crippen molar-refractivity contribution in [2.24, 2.45) is 5.73 Å². The molecule has 112 valence electrons. The predicted octanol–water partition coefficient (Wildman–Crippen LogP) is 3.21. The normalized spacial score (nSPS) is 18.1. The van der Waals surface area contributed by atoms with Crippen LogP contribution in [0.5, 0.6) is 0 Å². The van der Waals surface area contributed by atoms with Crippen LogP contribution in [-0.2, 0) is 13.0 Å². The molecule has 0 bridgehead atoms. The quantitative estimate of drug-likeness (QED) is 0.922. The molecule has 0 radical (unpaired) electrons. The summed E-state index contributed by atoms with van der Waals surface area (Å²) in [6.45, 7) is 7.10. The third kappa shape index (κ3) is 3.03. The van der Waals surface area contributed by atoms with Gasteiger partial charge in [-0.25, -0.2) is 4.98 Å². The molecule has 1 atom stereocenters. The molecule has 0 spiro atoms. The van der Waals surface area contributed by atoms with E-state index in [9.17, 15) is 0 Å². The van der Waals surface area contributed by atoms with Crippen molar-refractivity contribution in [3.05, 3.63) is 51.0 Å². The Morgan fingerprint density at radius 3 is 2.95 bits per heavy atom. The van der Waals surface area contributed by atoms with Gasteiger partial charge in [-0.05, 0) is 43.5 Å². The Bertz CT molecular complexity index is 620. The first-order valence-corrected chi connectivity index (χ1v) is 8.50. The first-order chi connectivity index (χ1) is 10.2. The highest BCUT2D eigenvalue weighted by Gasteiger charge is 2.29. The van der Waals surface area contributed by atoms with Crippen LogP contribution < -0.4 is 5.73 Å². The Kier molecular flexibility index (Phi) is 4.38. The van der Waals surface area contributed by atoms with Crippen LogP contribution in [0, 0.1) is 13.8 Å². The van der Waals surface area contributed by atoms with Crippen molar-refractivity contribution in [2.75, 3.05) is 13.1 Å². The van der Waals surface area contributed by atoms with Crippen molar-refractivity contribution >= 4 is 11.3 Å². The maximum absolute atomic E-state index is 6.02. The topological polar surface area (TPSA) is 42.1 Å². The lowest BCUT2D eigenvalue weighted by Crippen LogP contribution is -2.29. The summed E-state index contributed by atoms with van der Waals surface area (Å²) < 4.78 is 0. The number of hydrogen-bond acceptors (Lipinski definition) is 4. The molecule has 0 aliphatic carbocycles. The van der Waals surface area contributed by atoms with E-state index in [4.69, 9.17) is 5.73 Å². The van der Waals surface area contributed by atoms with Crippen LogP contribution in [0.15, 0.2) is 23.6 Å². The lowest BCUT2D eigenvalue weighted by atomic mass is 10.0. The summed E-state index contributed by atoms with van der Waals surface area (Å²) in [4.78, 5) is 7.07. The van der Waals surface area contributed by atoms with Crippen LogP contribution >= 0.6 is 11.3 Å². The van der Waals surface area contributed by atoms with E-state index in [0.717, 1.165) is 31.6 Å². The Hall–Kier alpha value is -1.23. The highest BCUT2D eigenvalue weighted by molar-refractivity contribution is 7.09. The van der Waals surface area contributed by atoms with E-state index < -0.39 is 0 Å². The van der Waals surface area contributed by atoms with E-state index in [1.165, 1.54) is 21.7 Å². The molecule has 0 amide bonds. The highest BCUT2D eigenvalue weighted by Crippen LogP contribution is 2.34. The van der Waals surface area contributed by atoms with Crippen molar-refractivity contribution in [3.8, 4) is 0 Å². The summed E-state index contributed by atoms with van der Waals surface area (Å²) in [7, 11) is 0. The van der Waals surface area contributed by atoms with Crippen molar-refractivity contribution in [2.45, 2.75) is 39.3 Å². The van der Waals surface area contributed by atoms with Gasteiger partial charge in [0, 0.05) is 36.6 Å². The van der Waals surface area contributed by atoms with E-state index in [1.807, 2.05) is 0 Å². The molecule has 1 unspecified atom stereocenters. The van der Waals surface area contributed by atoms with Gasteiger partial charge in [-0.1, -0.05) is 18.2 Å². The standard InChI is InChI=1S/C17H23N3S/c1-12-5-3-6-14-15(12)10-20(16(14)9-18)8-4-7-17-19-13(2)11-21-17/h3,5-6,11,16H,4,7-10,18H2,1-2H3. The third-order valence-corrected chi connectivity index (χ3v) is 5.36. The molecule has 1 aliphatic rings.